The lowest BCUT2D eigenvalue weighted by atomic mass is 10.2. The highest BCUT2D eigenvalue weighted by atomic mass is 16.5. The van der Waals surface area contributed by atoms with E-state index in [-0.39, 0.29) is 11.2 Å². The molecular formula is C23H31N5O3. The average molecular weight is 426 g/mol. The summed E-state index contributed by atoms with van der Waals surface area (Å²) in [5.41, 5.74) is 1.43. The van der Waals surface area contributed by atoms with Crippen molar-refractivity contribution in [3.05, 3.63) is 45.1 Å². The Hall–Kier alpha value is -3.03. The first-order valence-electron chi connectivity index (χ1n) is 11.3. The molecule has 8 heteroatoms. The third-order valence-electron chi connectivity index (χ3n) is 5.91. The fraction of sp³-hybridized carbons (Fsp3) is 0.522. The van der Waals surface area contributed by atoms with Crippen molar-refractivity contribution in [3.8, 4) is 5.75 Å². The van der Waals surface area contributed by atoms with Gasteiger partial charge in [-0.2, -0.15) is 4.98 Å². The summed E-state index contributed by atoms with van der Waals surface area (Å²) in [7, 11) is 1.70. The van der Waals surface area contributed by atoms with Gasteiger partial charge in [-0.3, -0.25) is 13.9 Å². The van der Waals surface area contributed by atoms with E-state index in [1.165, 1.54) is 9.13 Å². The molecule has 31 heavy (non-hydrogen) atoms. The summed E-state index contributed by atoms with van der Waals surface area (Å²) in [5.74, 6) is 1.53. The molecule has 0 amide bonds. The zero-order valence-electron chi connectivity index (χ0n) is 18.6. The first-order chi connectivity index (χ1) is 15.1. The zero-order valence-corrected chi connectivity index (χ0v) is 18.6. The van der Waals surface area contributed by atoms with Crippen LogP contribution >= 0.6 is 0 Å². The van der Waals surface area contributed by atoms with Crippen LogP contribution in [0.2, 0.25) is 0 Å². The van der Waals surface area contributed by atoms with Crippen LogP contribution in [0, 0.1) is 0 Å². The highest BCUT2D eigenvalue weighted by molar-refractivity contribution is 5.77. The van der Waals surface area contributed by atoms with Gasteiger partial charge in [0.1, 0.15) is 5.75 Å². The molecule has 0 unspecified atom stereocenters. The van der Waals surface area contributed by atoms with E-state index >= 15 is 0 Å². The van der Waals surface area contributed by atoms with Crippen LogP contribution in [0.3, 0.4) is 0 Å². The van der Waals surface area contributed by atoms with E-state index in [4.69, 9.17) is 9.72 Å². The summed E-state index contributed by atoms with van der Waals surface area (Å²) >= 11 is 0. The van der Waals surface area contributed by atoms with E-state index in [1.807, 2.05) is 35.8 Å². The van der Waals surface area contributed by atoms with Gasteiger partial charge in [-0.25, -0.2) is 4.79 Å². The number of aryl methyl sites for hydroxylation is 2. The second kappa shape index (κ2) is 8.99. The zero-order chi connectivity index (χ0) is 22.0. The van der Waals surface area contributed by atoms with Gasteiger partial charge in [-0.15, -0.1) is 0 Å². The van der Waals surface area contributed by atoms with E-state index in [9.17, 15) is 9.59 Å². The van der Waals surface area contributed by atoms with Crippen molar-refractivity contribution < 1.29 is 4.74 Å². The van der Waals surface area contributed by atoms with Crippen LogP contribution in [0.15, 0.2) is 33.9 Å². The maximum Gasteiger partial charge on any atom is 0.332 e. The Kier molecular flexibility index (Phi) is 6.15. The standard InChI is InChI=1S/C23H31N5O3/c1-4-6-7-8-14-28-21(29)19-20(25(3)23(28)30)24-22-26(15-9-16-27(19)22)17-10-12-18(13-11-17)31-5-2/h10-13H,4-9,14-16H2,1-3H3. The highest BCUT2D eigenvalue weighted by Gasteiger charge is 2.26. The molecule has 1 aliphatic rings. The van der Waals surface area contributed by atoms with Gasteiger partial charge in [0.25, 0.3) is 5.56 Å². The average Bonchev–Trinajstić information content (AvgIpc) is 3.18. The van der Waals surface area contributed by atoms with Crippen molar-refractivity contribution in [3.63, 3.8) is 0 Å². The number of imidazole rings is 1. The van der Waals surface area contributed by atoms with Crippen LogP contribution in [0.4, 0.5) is 11.6 Å². The summed E-state index contributed by atoms with van der Waals surface area (Å²) in [6.45, 7) is 6.69. The van der Waals surface area contributed by atoms with E-state index < -0.39 is 0 Å². The van der Waals surface area contributed by atoms with E-state index in [1.54, 1.807) is 7.05 Å². The smallest absolute Gasteiger partial charge is 0.332 e. The molecule has 166 valence electrons. The Morgan fingerprint density at radius 1 is 1.03 bits per heavy atom. The molecule has 0 aliphatic carbocycles. The largest absolute Gasteiger partial charge is 0.494 e. The second-order valence-electron chi connectivity index (χ2n) is 8.03. The first kappa shape index (κ1) is 21.2. The van der Waals surface area contributed by atoms with Crippen LogP contribution in [0.5, 0.6) is 5.75 Å². The number of hydrogen-bond donors (Lipinski definition) is 0. The van der Waals surface area contributed by atoms with Gasteiger partial charge >= 0.3 is 5.69 Å². The first-order valence-corrected chi connectivity index (χ1v) is 11.3. The number of hydrogen-bond acceptors (Lipinski definition) is 5. The minimum absolute atomic E-state index is 0.234. The molecule has 0 fully saturated rings. The molecule has 0 bridgehead atoms. The molecule has 0 atom stereocenters. The molecule has 1 aliphatic heterocycles. The Morgan fingerprint density at radius 2 is 1.81 bits per heavy atom. The Balaban J connectivity index is 1.77. The Labute approximate surface area is 181 Å². The number of ether oxygens (including phenoxy) is 1. The van der Waals surface area contributed by atoms with E-state index in [0.717, 1.165) is 50.1 Å². The maximum atomic E-state index is 13.3. The molecule has 8 nitrogen and oxygen atoms in total. The summed E-state index contributed by atoms with van der Waals surface area (Å²) in [6.07, 6.45) is 4.96. The van der Waals surface area contributed by atoms with Crippen molar-refractivity contribution in [2.24, 2.45) is 7.05 Å². The molecule has 0 radical (unpaired) electrons. The topological polar surface area (TPSA) is 74.3 Å². The van der Waals surface area contributed by atoms with Gasteiger partial charge in [0, 0.05) is 32.4 Å². The van der Waals surface area contributed by atoms with Crippen LogP contribution in [0.25, 0.3) is 11.2 Å². The SMILES string of the molecule is CCCCCCn1c(=O)c2c(nc3n2CCCN3c2ccc(OCC)cc2)n(C)c1=O. The molecule has 4 rings (SSSR count). The van der Waals surface area contributed by atoms with Crippen LogP contribution < -0.4 is 20.9 Å². The molecule has 2 aromatic heterocycles. The number of anilines is 2. The van der Waals surface area contributed by atoms with Gasteiger partial charge in [-0.05, 0) is 44.0 Å². The molecule has 0 saturated carbocycles. The fourth-order valence-electron chi connectivity index (χ4n) is 4.29. The van der Waals surface area contributed by atoms with Crippen molar-refractivity contribution >= 4 is 22.8 Å². The minimum Gasteiger partial charge on any atom is -0.494 e. The Morgan fingerprint density at radius 3 is 2.52 bits per heavy atom. The van der Waals surface area contributed by atoms with E-state index in [2.05, 4.69) is 11.8 Å². The number of nitrogens with zero attached hydrogens (tertiary/aromatic N) is 5. The molecule has 0 N–H and O–H groups in total. The van der Waals surface area contributed by atoms with Crippen molar-refractivity contribution in [1.29, 1.82) is 0 Å². The number of aromatic nitrogens is 4. The summed E-state index contributed by atoms with van der Waals surface area (Å²) in [6, 6.07) is 7.90. The highest BCUT2D eigenvalue weighted by Crippen LogP contribution is 2.31. The van der Waals surface area contributed by atoms with Crippen LogP contribution in [-0.4, -0.2) is 31.8 Å². The van der Waals surface area contributed by atoms with Gasteiger partial charge in [0.05, 0.1) is 6.61 Å². The normalized spacial score (nSPS) is 13.6. The van der Waals surface area contributed by atoms with Gasteiger partial charge < -0.3 is 14.2 Å². The maximum absolute atomic E-state index is 13.3. The summed E-state index contributed by atoms with van der Waals surface area (Å²) < 4.78 is 10.4. The fourth-order valence-corrected chi connectivity index (χ4v) is 4.29. The quantitative estimate of drug-likeness (QED) is 0.517. The lowest BCUT2D eigenvalue weighted by Gasteiger charge is -2.29. The van der Waals surface area contributed by atoms with Gasteiger partial charge in [0.15, 0.2) is 11.2 Å². The lowest BCUT2D eigenvalue weighted by molar-refractivity contribution is 0.340. The van der Waals surface area contributed by atoms with Crippen molar-refractivity contribution in [1.82, 2.24) is 18.7 Å². The molecule has 3 heterocycles. The summed E-state index contributed by atoms with van der Waals surface area (Å²) in [5, 5.41) is 0. The summed E-state index contributed by atoms with van der Waals surface area (Å²) in [4.78, 5) is 33.0. The molecule has 0 spiro atoms. The van der Waals surface area contributed by atoms with Gasteiger partial charge in [-0.1, -0.05) is 26.2 Å². The molecule has 3 aromatic rings. The monoisotopic (exact) mass is 425 g/mol. The Bertz CT molecular complexity index is 1170. The molecular weight excluding hydrogens is 394 g/mol. The molecule has 1 aromatic carbocycles. The predicted octanol–water partition coefficient (Wildman–Crippen LogP) is 3.42. The predicted molar refractivity (Wildman–Crippen MR) is 123 cm³/mol. The number of unbranched alkanes of at least 4 members (excludes halogenated alkanes) is 3. The van der Waals surface area contributed by atoms with Crippen LogP contribution in [0.1, 0.15) is 46.0 Å². The van der Waals surface area contributed by atoms with Crippen LogP contribution in [-0.2, 0) is 20.1 Å². The van der Waals surface area contributed by atoms with Crippen molar-refractivity contribution in [2.45, 2.75) is 59.0 Å². The minimum atomic E-state index is -0.294. The third-order valence-corrected chi connectivity index (χ3v) is 5.91. The lowest BCUT2D eigenvalue weighted by Crippen LogP contribution is -2.40. The second-order valence-corrected chi connectivity index (χ2v) is 8.03. The number of fused-ring (bicyclic) bond motifs is 3. The molecule has 0 saturated heterocycles. The van der Waals surface area contributed by atoms with E-state index in [0.29, 0.717) is 36.8 Å². The van der Waals surface area contributed by atoms with Gasteiger partial charge in [0.2, 0.25) is 5.95 Å². The third kappa shape index (κ3) is 3.86. The van der Waals surface area contributed by atoms with Crippen molar-refractivity contribution in [2.75, 3.05) is 18.1 Å². The number of rotatable bonds is 8. The number of benzene rings is 1.